The van der Waals surface area contributed by atoms with E-state index in [1.54, 1.807) is 24.3 Å². The fourth-order valence-corrected chi connectivity index (χ4v) is 2.99. The van der Waals surface area contributed by atoms with Crippen molar-refractivity contribution in [1.29, 1.82) is 0 Å². The Bertz CT molecular complexity index is 665. The van der Waals surface area contributed by atoms with E-state index in [1.807, 2.05) is 0 Å². The smallest absolute Gasteiger partial charge is 0.303 e. The van der Waals surface area contributed by atoms with Crippen molar-refractivity contribution in [2.75, 3.05) is 0 Å². The molecule has 8 nitrogen and oxygen atoms in total. The highest BCUT2D eigenvalue weighted by atomic mass is 16.6. The van der Waals surface area contributed by atoms with Crippen LogP contribution in [0.4, 0.5) is 0 Å². The van der Waals surface area contributed by atoms with Crippen molar-refractivity contribution in [3.8, 4) is 0 Å². The van der Waals surface area contributed by atoms with Gasteiger partial charge in [-0.2, -0.15) is 0 Å². The summed E-state index contributed by atoms with van der Waals surface area (Å²) >= 11 is 0. The van der Waals surface area contributed by atoms with E-state index in [-0.39, 0.29) is 0 Å². The maximum absolute atomic E-state index is 11.6. The van der Waals surface area contributed by atoms with Gasteiger partial charge in [0.15, 0.2) is 24.4 Å². The average Bonchev–Trinajstić information content (AvgIpc) is 2.52. The molecule has 1 aliphatic carbocycles. The standard InChI is InChI=1S/C18H20O8/c1-9(19)23-15-13-7-5-6-8-14(13)16(24-10(2)20)18(26-12(4)22)17(15)25-11(3)21/h5-8,15-18H,1-4H3. The maximum Gasteiger partial charge on any atom is 0.303 e. The van der Waals surface area contributed by atoms with Gasteiger partial charge >= 0.3 is 23.9 Å². The Hall–Kier alpha value is -2.90. The Morgan fingerprint density at radius 3 is 1.19 bits per heavy atom. The van der Waals surface area contributed by atoms with E-state index in [0.717, 1.165) is 0 Å². The minimum absolute atomic E-state index is 0.503. The normalized spacial score (nSPS) is 24.0. The maximum atomic E-state index is 11.6. The topological polar surface area (TPSA) is 105 Å². The zero-order chi connectivity index (χ0) is 19.4. The molecule has 4 unspecified atom stereocenters. The molecule has 0 aliphatic heterocycles. The van der Waals surface area contributed by atoms with Gasteiger partial charge in [0.05, 0.1) is 0 Å². The summed E-state index contributed by atoms with van der Waals surface area (Å²) in [5.41, 5.74) is 1.01. The van der Waals surface area contributed by atoms with Crippen LogP contribution < -0.4 is 0 Å². The van der Waals surface area contributed by atoms with Crippen LogP contribution in [0.3, 0.4) is 0 Å². The third-order valence-corrected chi connectivity index (χ3v) is 3.72. The molecule has 0 radical (unpaired) electrons. The summed E-state index contributed by atoms with van der Waals surface area (Å²) in [6.45, 7) is 4.78. The Kier molecular flexibility index (Phi) is 5.97. The summed E-state index contributed by atoms with van der Waals surface area (Å²) < 4.78 is 21.3. The molecule has 0 amide bonds. The summed E-state index contributed by atoms with van der Waals surface area (Å²) in [5, 5.41) is 0. The third kappa shape index (κ3) is 4.38. The van der Waals surface area contributed by atoms with E-state index in [4.69, 9.17) is 18.9 Å². The molecule has 0 fully saturated rings. The van der Waals surface area contributed by atoms with Gasteiger partial charge in [0.1, 0.15) is 0 Å². The van der Waals surface area contributed by atoms with Crippen LogP contribution in [0.15, 0.2) is 24.3 Å². The fraction of sp³-hybridized carbons (Fsp3) is 0.444. The number of hydrogen-bond donors (Lipinski definition) is 0. The van der Waals surface area contributed by atoms with E-state index >= 15 is 0 Å². The molecule has 4 atom stereocenters. The van der Waals surface area contributed by atoms with Crippen LogP contribution in [0.2, 0.25) is 0 Å². The molecule has 0 bridgehead atoms. The first-order valence-corrected chi connectivity index (χ1v) is 7.98. The monoisotopic (exact) mass is 364 g/mol. The summed E-state index contributed by atoms with van der Waals surface area (Å²) in [6, 6.07) is 6.74. The molecular weight excluding hydrogens is 344 g/mol. The van der Waals surface area contributed by atoms with Crippen LogP contribution >= 0.6 is 0 Å². The van der Waals surface area contributed by atoms with E-state index in [1.165, 1.54) is 27.7 Å². The first-order chi connectivity index (χ1) is 12.2. The van der Waals surface area contributed by atoms with Gasteiger partial charge < -0.3 is 18.9 Å². The molecule has 0 heterocycles. The van der Waals surface area contributed by atoms with Gasteiger partial charge in [0, 0.05) is 38.8 Å². The van der Waals surface area contributed by atoms with Crippen LogP contribution in [-0.2, 0) is 38.1 Å². The summed E-state index contributed by atoms with van der Waals surface area (Å²) in [5.74, 6) is -2.53. The van der Waals surface area contributed by atoms with Gasteiger partial charge in [-0.3, -0.25) is 19.2 Å². The molecule has 1 aromatic rings. The van der Waals surface area contributed by atoms with Gasteiger partial charge in [0.25, 0.3) is 0 Å². The molecule has 0 aromatic heterocycles. The molecule has 0 saturated carbocycles. The van der Waals surface area contributed by atoms with Gasteiger partial charge in [0.2, 0.25) is 0 Å². The number of esters is 4. The highest BCUT2D eigenvalue weighted by Crippen LogP contribution is 2.43. The molecule has 0 saturated heterocycles. The lowest BCUT2D eigenvalue weighted by atomic mass is 9.82. The van der Waals surface area contributed by atoms with Crippen LogP contribution in [0, 0.1) is 0 Å². The minimum Gasteiger partial charge on any atom is -0.454 e. The molecular formula is C18H20O8. The molecule has 140 valence electrons. The molecule has 0 spiro atoms. The van der Waals surface area contributed by atoms with Gasteiger partial charge in [-0.15, -0.1) is 0 Å². The lowest BCUT2D eigenvalue weighted by Gasteiger charge is -2.41. The Morgan fingerprint density at radius 1 is 0.615 bits per heavy atom. The van der Waals surface area contributed by atoms with Crippen molar-refractivity contribution in [2.24, 2.45) is 0 Å². The van der Waals surface area contributed by atoms with E-state index in [0.29, 0.717) is 11.1 Å². The molecule has 1 aromatic carbocycles. The lowest BCUT2D eigenvalue weighted by molar-refractivity contribution is -0.204. The van der Waals surface area contributed by atoms with Crippen LogP contribution in [0.25, 0.3) is 0 Å². The quantitative estimate of drug-likeness (QED) is 0.588. The van der Waals surface area contributed by atoms with E-state index in [9.17, 15) is 19.2 Å². The number of ether oxygens (including phenoxy) is 4. The Balaban J connectivity index is 2.62. The van der Waals surface area contributed by atoms with Gasteiger partial charge in [-0.25, -0.2) is 0 Å². The first-order valence-electron chi connectivity index (χ1n) is 7.98. The number of rotatable bonds is 4. The zero-order valence-electron chi connectivity index (χ0n) is 14.9. The lowest BCUT2D eigenvalue weighted by Crippen LogP contribution is -2.48. The number of hydrogen-bond acceptors (Lipinski definition) is 8. The second-order valence-corrected chi connectivity index (χ2v) is 5.84. The Morgan fingerprint density at radius 2 is 0.923 bits per heavy atom. The van der Waals surface area contributed by atoms with E-state index in [2.05, 4.69) is 0 Å². The van der Waals surface area contributed by atoms with Crippen LogP contribution in [0.1, 0.15) is 51.0 Å². The molecule has 2 rings (SSSR count). The van der Waals surface area contributed by atoms with E-state index < -0.39 is 48.3 Å². The van der Waals surface area contributed by atoms with Crippen LogP contribution in [-0.4, -0.2) is 36.1 Å². The zero-order valence-corrected chi connectivity index (χ0v) is 14.9. The fourth-order valence-electron chi connectivity index (χ4n) is 2.99. The van der Waals surface area contributed by atoms with Crippen molar-refractivity contribution >= 4 is 23.9 Å². The van der Waals surface area contributed by atoms with Crippen molar-refractivity contribution in [3.63, 3.8) is 0 Å². The molecule has 8 heteroatoms. The summed E-state index contributed by atoms with van der Waals surface area (Å²) in [6.07, 6.45) is -4.35. The summed E-state index contributed by atoms with van der Waals surface area (Å²) in [4.78, 5) is 46.4. The number of benzene rings is 1. The Labute approximate surface area is 150 Å². The third-order valence-electron chi connectivity index (χ3n) is 3.72. The molecule has 1 aliphatic rings. The minimum atomic E-state index is -1.17. The second kappa shape index (κ2) is 7.99. The number of carbonyl (C=O) groups is 4. The van der Waals surface area contributed by atoms with Crippen molar-refractivity contribution in [3.05, 3.63) is 35.4 Å². The predicted molar refractivity (Wildman–Crippen MR) is 86.6 cm³/mol. The highest BCUT2D eigenvalue weighted by molar-refractivity contribution is 5.70. The first kappa shape index (κ1) is 19.4. The van der Waals surface area contributed by atoms with Crippen molar-refractivity contribution in [2.45, 2.75) is 52.1 Å². The number of fused-ring (bicyclic) bond motifs is 1. The van der Waals surface area contributed by atoms with Crippen molar-refractivity contribution < 1.29 is 38.1 Å². The average molecular weight is 364 g/mol. The predicted octanol–water partition coefficient (Wildman–Crippen LogP) is 1.77. The highest BCUT2D eigenvalue weighted by Gasteiger charge is 2.50. The van der Waals surface area contributed by atoms with Crippen LogP contribution in [0.5, 0.6) is 0 Å². The number of carbonyl (C=O) groups excluding carboxylic acids is 4. The van der Waals surface area contributed by atoms with Crippen molar-refractivity contribution in [1.82, 2.24) is 0 Å². The SMILES string of the molecule is CC(=O)OC1c2ccccc2C(OC(C)=O)C(OC(C)=O)C1OC(C)=O. The van der Waals surface area contributed by atoms with Gasteiger partial charge in [-0.05, 0) is 0 Å². The van der Waals surface area contributed by atoms with Gasteiger partial charge in [-0.1, -0.05) is 24.3 Å². The summed E-state index contributed by atoms with van der Waals surface area (Å²) in [7, 11) is 0. The second-order valence-electron chi connectivity index (χ2n) is 5.84. The molecule has 0 N–H and O–H groups in total. The molecule has 26 heavy (non-hydrogen) atoms. The largest absolute Gasteiger partial charge is 0.454 e.